The van der Waals surface area contributed by atoms with Crippen LogP contribution in [0.3, 0.4) is 0 Å². The lowest BCUT2D eigenvalue weighted by molar-refractivity contribution is -0.117. The van der Waals surface area contributed by atoms with Crippen molar-refractivity contribution in [3.8, 4) is 11.3 Å². The van der Waals surface area contributed by atoms with Gasteiger partial charge in [0.1, 0.15) is 5.76 Å². The van der Waals surface area contributed by atoms with Crippen LogP contribution in [-0.2, 0) is 11.3 Å². The first-order chi connectivity index (χ1) is 12.6. The smallest absolute Gasteiger partial charge is 0.321 e. The molecular weight excluding hydrogens is 370 g/mol. The van der Waals surface area contributed by atoms with Crippen molar-refractivity contribution in [2.75, 3.05) is 5.75 Å². The van der Waals surface area contributed by atoms with Crippen molar-refractivity contribution >= 4 is 35.0 Å². The Bertz CT molecular complexity index is 873. The van der Waals surface area contributed by atoms with Crippen LogP contribution >= 0.6 is 23.1 Å². The second kappa shape index (κ2) is 8.68. The quantitative estimate of drug-likeness (QED) is 0.628. The molecule has 0 saturated heterocycles. The second-order valence-electron chi connectivity index (χ2n) is 5.46. The number of nitrogens with zero attached hydrogens (tertiary/aromatic N) is 1. The molecule has 3 rings (SSSR count). The van der Waals surface area contributed by atoms with E-state index in [1.165, 1.54) is 34.9 Å². The molecule has 0 aliphatic carbocycles. The number of thiazole rings is 1. The number of imide groups is 1. The van der Waals surface area contributed by atoms with Crippen LogP contribution < -0.4 is 10.6 Å². The van der Waals surface area contributed by atoms with Gasteiger partial charge in [0.25, 0.3) is 0 Å². The molecule has 2 heterocycles. The van der Waals surface area contributed by atoms with E-state index in [2.05, 4.69) is 15.6 Å². The lowest BCUT2D eigenvalue weighted by atomic mass is 10.1. The lowest BCUT2D eigenvalue weighted by Gasteiger charge is -2.04. The summed E-state index contributed by atoms with van der Waals surface area (Å²) in [6.45, 7) is 2.27. The highest BCUT2D eigenvalue weighted by Gasteiger charge is 2.11. The molecule has 0 atom stereocenters. The minimum Gasteiger partial charge on any atom is -0.467 e. The van der Waals surface area contributed by atoms with Gasteiger partial charge < -0.3 is 9.73 Å². The number of rotatable bonds is 6. The van der Waals surface area contributed by atoms with Crippen molar-refractivity contribution in [1.82, 2.24) is 15.6 Å². The number of benzene rings is 1. The number of hydrogen-bond donors (Lipinski definition) is 2. The Morgan fingerprint density at radius 2 is 2.04 bits per heavy atom. The van der Waals surface area contributed by atoms with E-state index < -0.39 is 6.03 Å². The predicted octanol–water partition coefficient (Wildman–Crippen LogP) is 3.83. The topological polar surface area (TPSA) is 84.2 Å². The van der Waals surface area contributed by atoms with Crippen molar-refractivity contribution in [1.29, 1.82) is 0 Å². The Hall–Kier alpha value is -2.58. The van der Waals surface area contributed by atoms with Crippen LogP contribution in [0.2, 0.25) is 0 Å². The molecular formula is C18H17N3O3S2. The number of thioether (sulfide) groups is 1. The van der Waals surface area contributed by atoms with Gasteiger partial charge in [-0.2, -0.15) is 0 Å². The fourth-order valence-electron chi connectivity index (χ4n) is 2.10. The van der Waals surface area contributed by atoms with E-state index in [1.54, 1.807) is 12.1 Å². The molecule has 8 heteroatoms. The van der Waals surface area contributed by atoms with Gasteiger partial charge in [-0.25, -0.2) is 9.78 Å². The highest BCUT2D eigenvalue weighted by molar-refractivity contribution is 8.01. The highest BCUT2D eigenvalue weighted by Crippen LogP contribution is 2.28. The zero-order chi connectivity index (χ0) is 18.4. The minimum atomic E-state index is -0.550. The van der Waals surface area contributed by atoms with E-state index in [9.17, 15) is 9.59 Å². The number of urea groups is 1. The van der Waals surface area contributed by atoms with Crippen LogP contribution in [0.5, 0.6) is 0 Å². The van der Waals surface area contributed by atoms with Gasteiger partial charge in [0.15, 0.2) is 4.34 Å². The fourth-order valence-corrected chi connectivity index (χ4v) is 3.73. The zero-order valence-corrected chi connectivity index (χ0v) is 15.7. The van der Waals surface area contributed by atoms with E-state index in [4.69, 9.17) is 4.42 Å². The van der Waals surface area contributed by atoms with Gasteiger partial charge >= 0.3 is 6.03 Å². The lowest BCUT2D eigenvalue weighted by Crippen LogP contribution is -2.39. The molecule has 0 bridgehead atoms. The van der Waals surface area contributed by atoms with Gasteiger partial charge in [0.2, 0.25) is 5.91 Å². The average molecular weight is 387 g/mol. The molecule has 2 aromatic heterocycles. The molecule has 1 aromatic carbocycles. The summed E-state index contributed by atoms with van der Waals surface area (Å²) in [6, 6.07) is 11.0. The summed E-state index contributed by atoms with van der Waals surface area (Å²) in [5.41, 5.74) is 3.12. The molecule has 134 valence electrons. The molecule has 0 fully saturated rings. The van der Waals surface area contributed by atoms with Gasteiger partial charge in [0, 0.05) is 10.9 Å². The van der Waals surface area contributed by atoms with Crippen molar-refractivity contribution in [3.63, 3.8) is 0 Å². The molecule has 0 aliphatic rings. The van der Waals surface area contributed by atoms with Crippen LogP contribution in [0, 0.1) is 6.92 Å². The normalized spacial score (nSPS) is 10.5. The summed E-state index contributed by atoms with van der Waals surface area (Å²) in [4.78, 5) is 28.1. The zero-order valence-electron chi connectivity index (χ0n) is 14.0. The second-order valence-corrected chi connectivity index (χ2v) is 7.54. The number of carbonyl (C=O) groups excluding carboxylic acids is 2. The first-order valence-corrected chi connectivity index (χ1v) is 9.72. The molecule has 26 heavy (non-hydrogen) atoms. The number of aryl methyl sites for hydroxylation is 1. The van der Waals surface area contributed by atoms with Gasteiger partial charge in [-0.3, -0.25) is 10.1 Å². The molecule has 0 saturated carbocycles. The third-order valence-electron chi connectivity index (χ3n) is 3.41. The minimum absolute atomic E-state index is 0.120. The number of hydrogen-bond acceptors (Lipinski definition) is 6. The molecule has 0 spiro atoms. The Balaban J connectivity index is 1.44. The van der Waals surface area contributed by atoms with Crippen molar-refractivity contribution in [2.45, 2.75) is 17.8 Å². The average Bonchev–Trinajstić information content (AvgIpc) is 3.31. The van der Waals surface area contributed by atoms with Crippen molar-refractivity contribution in [2.24, 2.45) is 0 Å². The summed E-state index contributed by atoms with van der Waals surface area (Å²) >= 11 is 2.78. The van der Waals surface area contributed by atoms with Crippen LogP contribution in [-0.4, -0.2) is 22.7 Å². The van der Waals surface area contributed by atoms with Gasteiger partial charge in [-0.05, 0) is 19.1 Å². The molecule has 0 unspecified atom stereocenters. The molecule has 3 aromatic rings. The summed E-state index contributed by atoms with van der Waals surface area (Å²) in [7, 11) is 0. The first kappa shape index (κ1) is 18.2. The van der Waals surface area contributed by atoms with E-state index in [0.29, 0.717) is 5.76 Å². The number of amides is 3. The summed E-state index contributed by atoms with van der Waals surface area (Å²) < 4.78 is 5.89. The van der Waals surface area contributed by atoms with Crippen LogP contribution in [0.4, 0.5) is 4.79 Å². The Labute approximate surface area is 159 Å². The fraction of sp³-hybridized carbons (Fsp3) is 0.167. The van der Waals surface area contributed by atoms with E-state index in [0.717, 1.165) is 15.6 Å². The number of nitrogens with one attached hydrogen (secondary N) is 2. The van der Waals surface area contributed by atoms with Gasteiger partial charge in [-0.1, -0.05) is 41.6 Å². The third-order valence-corrected chi connectivity index (χ3v) is 5.43. The van der Waals surface area contributed by atoms with Crippen molar-refractivity contribution < 1.29 is 14.0 Å². The standard InChI is InChI=1S/C18H17N3O3S2/c1-12-4-6-13(7-5-12)15-10-25-18(20-15)26-11-16(22)21-17(23)19-9-14-3-2-8-24-14/h2-8,10H,9,11H2,1H3,(H2,19,21,22,23). The Kier molecular flexibility index (Phi) is 6.08. The van der Waals surface area contributed by atoms with E-state index in [1.807, 2.05) is 36.6 Å². The van der Waals surface area contributed by atoms with E-state index in [-0.39, 0.29) is 18.2 Å². The Morgan fingerprint density at radius 1 is 1.23 bits per heavy atom. The SMILES string of the molecule is Cc1ccc(-c2csc(SCC(=O)NC(=O)NCc3ccco3)n2)cc1. The summed E-state index contributed by atoms with van der Waals surface area (Å²) in [6.07, 6.45) is 1.52. The van der Waals surface area contributed by atoms with Crippen LogP contribution in [0.25, 0.3) is 11.3 Å². The van der Waals surface area contributed by atoms with Crippen LogP contribution in [0.1, 0.15) is 11.3 Å². The maximum Gasteiger partial charge on any atom is 0.321 e. The Morgan fingerprint density at radius 3 is 2.77 bits per heavy atom. The maximum absolute atomic E-state index is 11.9. The molecule has 0 radical (unpaired) electrons. The van der Waals surface area contributed by atoms with E-state index >= 15 is 0 Å². The van der Waals surface area contributed by atoms with Crippen LogP contribution in [0.15, 0.2) is 56.8 Å². The predicted molar refractivity (Wildman–Crippen MR) is 102 cm³/mol. The van der Waals surface area contributed by atoms with Gasteiger partial charge in [-0.15, -0.1) is 11.3 Å². The summed E-state index contributed by atoms with van der Waals surface area (Å²) in [5.74, 6) is 0.363. The molecule has 6 nitrogen and oxygen atoms in total. The largest absolute Gasteiger partial charge is 0.467 e. The summed E-state index contributed by atoms with van der Waals surface area (Å²) in [5, 5.41) is 6.80. The first-order valence-electron chi connectivity index (χ1n) is 7.85. The molecule has 2 N–H and O–H groups in total. The van der Waals surface area contributed by atoms with Gasteiger partial charge in [0.05, 0.1) is 24.3 Å². The number of carbonyl (C=O) groups is 2. The highest BCUT2D eigenvalue weighted by atomic mass is 32.2. The van der Waals surface area contributed by atoms with Crippen molar-refractivity contribution in [3.05, 3.63) is 59.4 Å². The number of aromatic nitrogens is 1. The maximum atomic E-state index is 11.9. The molecule has 3 amide bonds. The third kappa shape index (κ3) is 5.21. The molecule has 0 aliphatic heterocycles. The monoisotopic (exact) mass is 387 g/mol. The number of furan rings is 1.